The van der Waals surface area contributed by atoms with Gasteiger partial charge in [0, 0.05) is 6.54 Å². The first-order valence-corrected chi connectivity index (χ1v) is 7.02. The number of unbranched alkanes of at least 4 members (excludes halogenated alkanes) is 2. The van der Waals surface area contributed by atoms with Crippen LogP contribution < -0.4 is 0 Å². The molecule has 0 unspecified atom stereocenters. The van der Waals surface area contributed by atoms with Crippen molar-refractivity contribution < 1.29 is 4.39 Å². The molecule has 0 saturated heterocycles. The second-order valence-electron chi connectivity index (χ2n) is 4.75. The van der Waals surface area contributed by atoms with Crippen LogP contribution in [0.4, 0.5) is 4.39 Å². The number of nitrogens with zero attached hydrogens (tertiary/aromatic N) is 4. The molecule has 0 spiro atoms. The molecule has 0 radical (unpaired) electrons. The molecule has 0 aliphatic carbocycles. The second kappa shape index (κ2) is 7.34. The van der Waals surface area contributed by atoms with E-state index in [1.165, 1.54) is 12.1 Å². The fourth-order valence-electron chi connectivity index (χ4n) is 1.99. The molecule has 1 heterocycles. The van der Waals surface area contributed by atoms with Crippen LogP contribution in [0.1, 0.15) is 43.1 Å². The Labute approximate surface area is 123 Å². The van der Waals surface area contributed by atoms with Crippen LogP contribution in [-0.2, 0) is 6.54 Å². The number of hydrogen-bond acceptors (Lipinski definition) is 3. The summed E-state index contributed by atoms with van der Waals surface area (Å²) in [6, 6.07) is 8.22. The summed E-state index contributed by atoms with van der Waals surface area (Å²) in [6.07, 6.45) is 6.87. The van der Waals surface area contributed by atoms with E-state index in [1.807, 2.05) is 12.1 Å². The summed E-state index contributed by atoms with van der Waals surface area (Å²) in [5, 5.41) is 17.0. The summed E-state index contributed by atoms with van der Waals surface area (Å²) in [5.41, 5.74) is 1.87. The lowest BCUT2D eigenvalue weighted by Gasteiger charge is -2.02. The number of rotatable bonds is 6. The maximum Gasteiger partial charge on any atom is 0.190 e. The van der Waals surface area contributed by atoms with Crippen LogP contribution in [-0.4, -0.2) is 15.0 Å². The van der Waals surface area contributed by atoms with Crippen LogP contribution in [0.15, 0.2) is 24.3 Å². The van der Waals surface area contributed by atoms with Gasteiger partial charge in [0.25, 0.3) is 0 Å². The van der Waals surface area contributed by atoms with Gasteiger partial charge in [0.2, 0.25) is 0 Å². The van der Waals surface area contributed by atoms with Gasteiger partial charge in [-0.3, -0.25) is 0 Å². The first-order valence-electron chi connectivity index (χ1n) is 7.02. The largest absolute Gasteiger partial charge is 0.244 e. The standard InChI is InChI=1S/C16H17FN4/c1-2-3-4-11-21-16(15(12-18)19-20-21)10-7-13-5-8-14(17)9-6-13/h5-10H,2-4,11H2,1H3/b10-7+. The lowest BCUT2D eigenvalue weighted by molar-refractivity contribution is 0.534. The van der Waals surface area contributed by atoms with Crippen molar-refractivity contribution in [2.45, 2.75) is 32.7 Å². The van der Waals surface area contributed by atoms with E-state index in [1.54, 1.807) is 22.9 Å². The van der Waals surface area contributed by atoms with Crippen LogP contribution in [0, 0.1) is 17.1 Å². The first-order chi connectivity index (χ1) is 10.2. The zero-order valence-electron chi connectivity index (χ0n) is 12.0. The van der Waals surface area contributed by atoms with Crippen LogP contribution in [0.25, 0.3) is 12.2 Å². The van der Waals surface area contributed by atoms with Gasteiger partial charge in [0.15, 0.2) is 5.69 Å². The summed E-state index contributed by atoms with van der Waals surface area (Å²) < 4.78 is 14.6. The molecule has 0 bridgehead atoms. The molecule has 0 aliphatic heterocycles. The van der Waals surface area contributed by atoms with Crippen LogP contribution >= 0.6 is 0 Å². The van der Waals surface area contributed by atoms with Gasteiger partial charge >= 0.3 is 0 Å². The van der Waals surface area contributed by atoms with Crippen LogP contribution in [0.5, 0.6) is 0 Å². The molecular weight excluding hydrogens is 267 g/mol. The topological polar surface area (TPSA) is 54.5 Å². The number of aromatic nitrogens is 3. The Morgan fingerprint density at radius 1 is 1.24 bits per heavy atom. The zero-order valence-corrected chi connectivity index (χ0v) is 12.0. The van der Waals surface area contributed by atoms with Crippen LogP contribution in [0.2, 0.25) is 0 Å². The quantitative estimate of drug-likeness (QED) is 0.761. The van der Waals surface area contributed by atoms with E-state index in [4.69, 9.17) is 5.26 Å². The van der Waals surface area contributed by atoms with Crippen LogP contribution in [0.3, 0.4) is 0 Å². The molecule has 21 heavy (non-hydrogen) atoms. The van der Waals surface area contributed by atoms with Gasteiger partial charge in [-0.15, -0.1) is 5.10 Å². The Balaban J connectivity index is 2.19. The van der Waals surface area contributed by atoms with E-state index in [9.17, 15) is 4.39 Å². The highest BCUT2D eigenvalue weighted by atomic mass is 19.1. The van der Waals surface area contributed by atoms with E-state index in [0.29, 0.717) is 11.4 Å². The van der Waals surface area contributed by atoms with Gasteiger partial charge in [-0.05, 0) is 30.2 Å². The third kappa shape index (κ3) is 3.99. The second-order valence-corrected chi connectivity index (χ2v) is 4.75. The SMILES string of the molecule is CCCCCn1nnc(C#N)c1/C=C/c1ccc(F)cc1. The van der Waals surface area contributed by atoms with Gasteiger partial charge in [0.1, 0.15) is 11.9 Å². The highest BCUT2D eigenvalue weighted by Gasteiger charge is 2.09. The Bertz CT molecular complexity index is 650. The van der Waals surface area contributed by atoms with Crippen molar-refractivity contribution in [3.8, 4) is 6.07 Å². The van der Waals surface area contributed by atoms with E-state index in [2.05, 4.69) is 17.2 Å². The van der Waals surface area contributed by atoms with Gasteiger partial charge in [0.05, 0.1) is 5.69 Å². The maximum atomic E-state index is 12.9. The normalized spacial score (nSPS) is 10.9. The number of hydrogen-bond donors (Lipinski definition) is 0. The van der Waals surface area contributed by atoms with Gasteiger partial charge in [-0.2, -0.15) is 5.26 Å². The van der Waals surface area contributed by atoms with Crippen molar-refractivity contribution in [1.82, 2.24) is 15.0 Å². The monoisotopic (exact) mass is 284 g/mol. The van der Waals surface area contributed by atoms with Gasteiger partial charge in [-0.1, -0.05) is 43.2 Å². The molecule has 0 N–H and O–H groups in total. The molecule has 1 aromatic carbocycles. The Hall–Kier alpha value is -2.48. The molecule has 0 fully saturated rings. The van der Waals surface area contributed by atoms with Crippen molar-refractivity contribution in [3.05, 3.63) is 47.0 Å². The summed E-state index contributed by atoms with van der Waals surface area (Å²) >= 11 is 0. The van der Waals surface area contributed by atoms with Crippen molar-refractivity contribution in [3.63, 3.8) is 0 Å². The predicted octanol–water partition coefficient (Wildman–Crippen LogP) is 3.65. The predicted molar refractivity (Wildman–Crippen MR) is 79.6 cm³/mol. The molecular formula is C16H17FN4. The minimum atomic E-state index is -0.267. The molecule has 0 amide bonds. The van der Waals surface area contributed by atoms with Crippen molar-refractivity contribution in [1.29, 1.82) is 5.26 Å². The summed E-state index contributed by atoms with van der Waals surface area (Å²) in [7, 11) is 0. The molecule has 108 valence electrons. The van der Waals surface area contributed by atoms with E-state index < -0.39 is 0 Å². The number of halogens is 1. The number of benzene rings is 1. The zero-order chi connectivity index (χ0) is 15.1. The summed E-state index contributed by atoms with van der Waals surface area (Å²) in [4.78, 5) is 0. The minimum absolute atomic E-state index is 0.267. The lowest BCUT2D eigenvalue weighted by Crippen LogP contribution is -2.02. The molecule has 4 nitrogen and oxygen atoms in total. The fraction of sp³-hybridized carbons (Fsp3) is 0.312. The Morgan fingerprint density at radius 3 is 2.67 bits per heavy atom. The molecule has 5 heteroatoms. The molecule has 0 aliphatic rings. The number of aryl methyl sites for hydroxylation is 1. The first kappa shape index (κ1) is 14.9. The molecule has 0 atom stereocenters. The van der Waals surface area contributed by atoms with Crippen molar-refractivity contribution in [2.75, 3.05) is 0 Å². The fourth-order valence-corrected chi connectivity index (χ4v) is 1.99. The van der Waals surface area contributed by atoms with Gasteiger partial charge in [-0.25, -0.2) is 9.07 Å². The average molecular weight is 284 g/mol. The van der Waals surface area contributed by atoms with Crippen molar-refractivity contribution >= 4 is 12.2 Å². The average Bonchev–Trinajstić information content (AvgIpc) is 2.89. The minimum Gasteiger partial charge on any atom is -0.244 e. The summed E-state index contributed by atoms with van der Waals surface area (Å²) in [6.45, 7) is 2.88. The Morgan fingerprint density at radius 2 is 2.00 bits per heavy atom. The molecule has 2 aromatic rings. The maximum absolute atomic E-state index is 12.9. The molecule has 2 rings (SSSR count). The van der Waals surface area contributed by atoms with E-state index >= 15 is 0 Å². The highest BCUT2D eigenvalue weighted by molar-refractivity contribution is 5.69. The summed E-state index contributed by atoms with van der Waals surface area (Å²) in [5.74, 6) is -0.267. The third-order valence-corrected chi connectivity index (χ3v) is 3.16. The van der Waals surface area contributed by atoms with E-state index in [-0.39, 0.29) is 5.82 Å². The highest BCUT2D eigenvalue weighted by Crippen LogP contribution is 2.12. The molecule has 1 aromatic heterocycles. The lowest BCUT2D eigenvalue weighted by atomic mass is 10.2. The van der Waals surface area contributed by atoms with E-state index in [0.717, 1.165) is 31.4 Å². The van der Waals surface area contributed by atoms with Crippen molar-refractivity contribution in [2.24, 2.45) is 0 Å². The smallest absolute Gasteiger partial charge is 0.190 e. The third-order valence-electron chi connectivity index (χ3n) is 3.16. The Kier molecular flexibility index (Phi) is 5.22. The van der Waals surface area contributed by atoms with Gasteiger partial charge < -0.3 is 0 Å². The number of nitriles is 1. The molecule has 0 saturated carbocycles.